The topological polar surface area (TPSA) is 52.8 Å². The van der Waals surface area contributed by atoms with Gasteiger partial charge in [0, 0.05) is 6.42 Å². The molecule has 0 bridgehead atoms. The Balaban J connectivity index is 2.06. The first-order valence-electron chi connectivity index (χ1n) is 7.84. The molecule has 0 radical (unpaired) electrons. The van der Waals surface area contributed by atoms with Gasteiger partial charge in [-0.3, -0.25) is 0 Å². The molecule has 3 aromatic carbocycles. The van der Waals surface area contributed by atoms with Gasteiger partial charge in [0.05, 0.1) is 5.71 Å². The van der Waals surface area contributed by atoms with Gasteiger partial charge in [-0.05, 0) is 16.7 Å². The van der Waals surface area contributed by atoms with E-state index in [1.54, 1.807) is 0 Å². The van der Waals surface area contributed by atoms with Gasteiger partial charge < -0.3 is 10.3 Å². The van der Waals surface area contributed by atoms with E-state index in [0.29, 0.717) is 5.71 Å². The van der Waals surface area contributed by atoms with Crippen LogP contribution in [0.4, 0.5) is 0 Å². The molecule has 0 heterocycles. The maximum absolute atomic E-state index is 11.5. The third-order valence-corrected chi connectivity index (χ3v) is 4.15. The van der Waals surface area contributed by atoms with Crippen LogP contribution in [0, 0.1) is 0 Å². The Hall–Kier alpha value is -2.91. The molecule has 2 N–H and O–H groups in total. The third kappa shape index (κ3) is 3.21. The van der Waals surface area contributed by atoms with Crippen molar-refractivity contribution in [1.29, 1.82) is 0 Å². The molecule has 24 heavy (non-hydrogen) atoms. The largest absolute Gasteiger partial charge is 0.411 e. The van der Waals surface area contributed by atoms with E-state index in [1.165, 1.54) is 0 Å². The summed E-state index contributed by atoms with van der Waals surface area (Å²) in [6.07, 6.45) is 0.168. The Morgan fingerprint density at radius 2 is 1.12 bits per heavy atom. The molecular weight excluding hydrogens is 298 g/mol. The molecule has 0 fully saturated rings. The van der Waals surface area contributed by atoms with Crippen molar-refractivity contribution >= 4 is 5.71 Å². The van der Waals surface area contributed by atoms with E-state index < -0.39 is 5.60 Å². The summed E-state index contributed by atoms with van der Waals surface area (Å²) in [5.74, 6) is 0. The lowest BCUT2D eigenvalue weighted by molar-refractivity contribution is 0.0881. The van der Waals surface area contributed by atoms with Crippen LogP contribution >= 0.6 is 0 Å². The van der Waals surface area contributed by atoms with Crippen LogP contribution in [0.15, 0.2) is 96.2 Å². The van der Waals surface area contributed by atoms with E-state index >= 15 is 0 Å². The first-order chi connectivity index (χ1) is 11.7. The number of oxime groups is 1. The Bertz CT molecular complexity index is 760. The van der Waals surface area contributed by atoms with Crippen molar-refractivity contribution in [1.82, 2.24) is 0 Å². The van der Waals surface area contributed by atoms with Gasteiger partial charge in [-0.15, -0.1) is 0 Å². The van der Waals surface area contributed by atoms with E-state index in [2.05, 4.69) is 5.16 Å². The fourth-order valence-electron chi connectivity index (χ4n) is 2.87. The van der Waals surface area contributed by atoms with Crippen LogP contribution in [-0.2, 0) is 5.60 Å². The summed E-state index contributed by atoms with van der Waals surface area (Å²) in [7, 11) is 0. The molecule has 0 amide bonds. The minimum Gasteiger partial charge on any atom is -0.411 e. The highest BCUT2D eigenvalue weighted by molar-refractivity contribution is 6.01. The Kier molecular flexibility index (Phi) is 4.73. The number of rotatable bonds is 5. The average molecular weight is 317 g/mol. The standard InChI is InChI=1S/C21H19NO2/c23-21(18-12-6-2-7-13-18,19-14-8-3-9-15-19)16-20(22-24)17-10-4-1-5-11-17/h1-15,23-24H,16H2/b22-20-. The molecule has 3 aromatic rings. The summed E-state index contributed by atoms with van der Waals surface area (Å²) in [6.45, 7) is 0. The highest BCUT2D eigenvalue weighted by Gasteiger charge is 2.33. The van der Waals surface area contributed by atoms with E-state index in [1.807, 2.05) is 91.0 Å². The smallest absolute Gasteiger partial charge is 0.120 e. The van der Waals surface area contributed by atoms with Crippen LogP contribution in [0.5, 0.6) is 0 Å². The van der Waals surface area contributed by atoms with Crippen molar-refractivity contribution in [3.63, 3.8) is 0 Å². The number of nitrogens with zero attached hydrogens (tertiary/aromatic N) is 1. The summed E-state index contributed by atoms with van der Waals surface area (Å²) in [4.78, 5) is 0. The van der Waals surface area contributed by atoms with Gasteiger partial charge in [0.25, 0.3) is 0 Å². The molecule has 0 saturated heterocycles. The summed E-state index contributed by atoms with van der Waals surface area (Å²) in [5.41, 5.74) is 1.46. The Morgan fingerprint density at radius 3 is 1.54 bits per heavy atom. The van der Waals surface area contributed by atoms with Gasteiger partial charge in [0.1, 0.15) is 5.60 Å². The molecule has 0 aliphatic carbocycles. The lowest BCUT2D eigenvalue weighted by atomic mass is 9.81. The van der Waals surface area contributed by atoms with Crippen molar-refractivity contribution in [2.24, 2.45) is 5.16 Å². The fraction of sp³-hybridized carbons (Fsp3) is 0.0952. The second-order valence-electron chi connectivity index (χ2n) is 5.68. The molecular formula is C21H19NO2. The quantitative estimate of drug-likeness (QED) is 0.421. The van der Waals surface area contributed by atoms with Crippen LogP contribution in [-0.4, -0.2) is 16.0 Å². The van der Waals surface area contributed by atoms with E-state index in [0.717, 1.165) is 16.7 Å². The van der Waals surface area contributed by atoms with E-state index in [4.69, 9.17) is 0 Å². The van der Waals surface area contributed by atoms with Gasteiger partial charge in [0.2, 0.25) is 0 Å². The van der Waals surface area contributed by atoms with Crippen LogP contribution < -0.4 is 0 Å². The fourth-order valence-corrected chi connectivity index (χ4v) is 2.87. The van der Waals surface area contributed by atoms with Gasteiger partial charge in [-0.25, -0.2) is 0 Å². The Labute approximate surface area is 141 Å². The van der Waals surface area contributed by atoms with Gasteiger partial charge >= 0.3 is 0 Å². The molecule has 120 valence electrons. The number of hydrogen-bond acceptors (Lipinski definition) is 3. The normalized spacial score (nSPS) is 12.1. The summed E-state index contributed by atoms with van der Waals surface area (Å²) in [5, 5.41) is 24.5. The van der Waals surface area contributed by atoms with Crippen molar-refractivity contribution < 1.29 is 10.3 Å². The summed E-state index contributed by atoms with van der Waals surface area (Å²) < 4.78 is 0. The monoisotopic (exact) mass is 317 g/mol. The summed E-state index contributed by atoms with van der Waals surface area (Å²) >= 11 is 0. The lowest BCUT2D eigenvalue weighted by Crippen LogP contribution is -2.31. The SMILES string of the molecule is O/N=C(/CC(O)(c1ccccc1)c1ccccc1)c1ccccc1. The zero-order valence-corrected chi connectivity index (χ0v) is 13.2. The van der Waals surface area contributed by atoms with Crippen LogP contribution in [0.2, 0.25) is 0 Å². The third-order valence-electron chi connectivity index (χ3n) is 4.15. The first-order valence-corrected chi connectivity index (χ1v) is 7.84. The highest BCUT2D eigenvalue weighted by atomic mass is 16.4. The molecule has 0 unspecified atom stereocenters. The molecule has 0 atom stereocenters. The van der Waals surface area contributed by atoms with E-state index in [9.17, 15) is 10.3 Å². The molecule has 0 aromatic heterocycles. The van der Waals surface area contributed by atoms with Crippen molar-refractivity contribution in [3.8, 4) is 0 Å². The molecule has 0 spiro atoms. The van der Waals surface area contributed by atoms with Crippen LogP contribution in [0.25, 0.3) is 0 Å². The second kappa shape index (κ2) is 7.11. The number of benzene rings is 3. The molecule has 0 saturated carbocycles. The molecule has 0 aliphatic rings. The minimum absolute atomic E-state index is 0.168. The second-order valence-corrected chi connectivity index (χ2v) is 5.68. The van der Waals surface area contributed by atoms with Crippen molar-refractivity contribution in [2.45, 2.75) is 12.0 Å². The highest BCUT2D eigenvalue weighted by Crippen LogP contribution is 2.34. The van der Waals surface area contributed by atoms with Gasteiger partial charge in [-0.2, -0.15) is 0 Å². The molecule has 3 rings (SSSR count). The molecule has 3 nitrogen and oxygen atoms in total. The molecule has 3 heteroatoms. The molecule has 0 aliphatic heterocycles. The maximum Gasteiger partial charge on any atom is 0.120 e. The van der Waals surface area contributed by atoms with Crippen LogP contribution in [0.3, 0.4) is 0 Å². The minimum atomic E-state index is -1.28. The van der Waals surface area contributed by atoms with Gasteiger partial charge in [0.15, 0.2) is 0 Å². The first kappa shape index (κ1) is 16.0. The maximum atomic E-state index is 11.5. The van der Waals surface area contributed by atoms with Crippen molar-refractivity contribution in [3.05, 3.63) is 108 Å². The summed E-state index contributed by atoms with van der Waals surface area (Å²) in [6, 6.07) is 28.3. The predicted molar refractivity (Wildman–Crippen MR) is 95.3 cm³/mol. The lowest BCUT2D eigenvalue weighted by Gasteiger charge is -2.29. The predicted octanol–water partition coefficient (Wildman–Crippen LogP) is 4.19. The van der Waals surface area contributed by atoms with Crippen molar-refractivity contribution in [2.75, 3.05) is 0 Å². The average Bonchev–Trinajstić information content (AvgIpc) is 2.68. The zero-order valence-electron chi connectivity index (χ0n) is 13.2. The number of hydrogen-bond donors (Lipinski definition) is 2. The van der Waals surface area contributed by atoms with E-state index in [-0.39, 0.29) is 6.42 Å². The zero-order chi connectivity index (χ0) is 16.8. The Morgan fingerprint density at radius 1 is 0.708 bits per heavy atom. The van der Waals surface area contributed by atoms with Gasteiger partial charge in [-0.1, -0.05) is 96.2 Å². The number of aliphatic hydroxyl groups is 1. The van der Waals surface area contributed by atoms with Crippen LogP contribution in [0.1, 0.15) is 23.1 Å².